The number of benzene rings is 3. The Kier molecular flexibility index (Phi) is 4.44. The molecule has 31 heavy (non-hydrogen) atoms. The Morgan fingerprint density at radius 1 is 0.806 bits per heavy atom. The van der Waals surface area contributed by atoms with Gasteiger partial charge in [-0.05, 0) is 42.7 Å². The van der Waals surface area contributed by atoms with Crippen LogP contribution in [0.2, 0.25) is 0 Å². The van der Waals surface area contributed by atoms with Crippen LogP contribution < -0.4 is 5.56 Å². The predicted molar refractivity (Wildman–Crippen MR) is 123 cm³/mol. The molecule has 2 N–H and O–H groups in total. The Morgan fingerprint density at radius 2 is 1.45 bits per heavy atom. The van der Waals surface area contributed by atoms with Crippen LogP contribution in [-0.4, -0.2) is 19.7 Å². The van der Waals surface area contributed by atoms with E-state index in [0.717, 1.165) is 33.6 Å². The summed E-state index contributed by atoms with van der Waals surface area (Å²) in [5.74, 6) is 0.204. The van der Waals surface area contributed by atoms with Gasteiger partial charge in [0.05, 0.1) is 11.1 Å². The van der Waals surface area contributed by atoms with Crippen LogP contribution in [0.15, 0.2) is 83.7 Å². The number of aryl methyl sites for hydroxylation is 2. The molecular weight excluding hydrogens is 386 g/mol. The molecule has 0 unspecified atom stereocenters. The number of aromatic nitrogens is 3. The van der Waals surface area contributed by atoms with E-state index in [2.05, 4.69) is 4.98 Å². The zero-order chi connectivity index (χ0) is 21.5. The maximum Gasteiger partial charge on any atom is 0.282 e. The second kappa shape index (κ2) is 7.29. The van der Waals surface area contributed by atoms with Crippen molar-refractivity contribution in [2.75, 3.05) is 0 Å². The molecule has 2 aromatic heterocycles. The van der Waals surface area contributed by atoms with Crippen molar-refractivity contribution in [2.45, 2.75) is 13.8 Å². The highest BCUT2D eigenvalue weighted by atomic mass is 16.3. The zero-order valence-electron chi connectivity index (χ0n) is 17.3. The molecule has 5 rings (SSSR count). The topological polar surface area (TPSA) is 70.4 Å². The molecule has 0 aliphatic carbocycles. The van der Waals surface area contributed by atoms with E-state index in [1.807, 2.05) is 80.6 Å². The average Bonchev–Trinajstić information content (AvgIpc) is 3.17. The molecule has 0 spiro atoms. The second-order valence-corrected chi connectivity index (χ2v) is 7.65. The van der Waals surface area contributed by atoms with Crippen molar-refractivity contribution < 1.29 is 5.11 Å². The van der Waals surface area contributed by atoms with Crippen molar-refractivity contribution in [1.82, 2.24) is 14.6 Å². The van der Waals surface area contributed by atoms with Crippen LogP contribution in [0.1, 0.15) is 11.3 Å². The fourth-order valence-electron chi connectivity index (χ4n) is 4.01. The van der Waals surface area contributed by atoms with E-state index < -0.39 is 0 Å². The average molecular weight is 407 g/mol. The van der Waals surface area contributed by atoms with Crippen LogP contribution >= 0.6 is 0 Å². The van der Waals surface area contributed by atoms with E-state index in [1.165, 1.54) is 4.52 Å². The lowest BCUT2D eigenvalue weighted by Crippen LogP contribution is -2.19. The molecule has 0 saturated heterocycles. The third-order valence-electron chi connectivity index (χ3n) is 5.57. The molecule has 5 nitrogen and oxygen atoms in total. The van der Waals surface area contributed by atoms with Crippen LogP contribution in [0.4, 0.5) is 0 Å². The van der Waals surface area contributed by atoms with Gasteiger partial charge in [0.15, 0.2) is 0 Å². The van der Waals surface area contributed by atoms with E-state index in [0.29, 0.717) is 16.8 Å². The molecular formula is C26H21N3O2. The van der Waals surface area contributed by atoms with Crippen molar-refractivity contribution in [3.63, 3.8) is 0 Å². The number of rotatable bonds is 3. The Bertz CT molecular complexity index is 1470. The van der Waals surface area contributed by atoms with Gasteiger partial charge in [-0.3, -0.25) is 4.79 Å². The van der Waals surface area contributed by atoms with E-state index in [-0.39, 0.29) is 11.3 Å². The fraction of sp³-hybridized carbons (Fsp3) is 0.0769. The normalized spacial score (nSPS) is 11.2. The van der Waals surface area contributed by atoms with Gasteiger partial charge in [-0.25, -0.2) is 0 Å². The minimum atomic E-state index is -0.198. The fourth-order valence-corrected chi connectivity index (χ4v) is 4.01. The quantitative estimate of drug-likeness (QED) is 0.424. The molecule has 0 amide bonds. The molecule has 0 bridgehead atoms. The number of fused-ring (bicyclic) bond motifs is 1. The summed E-state index contributed by atoms with van der Waals surface area (Å²) in [5.41, 5.74) is 6.77. The number of hydrogen-bond acceptors (Lipinski definition) is 3. The highest BCUT2D eigenvalue weighted by Crippen LogP contribution is 2.35. The summed E-state index contributed by atoms with van der Waals surface area (Å²) in [7, 11) is 0. The molecule has 0 aliphatic rings. The number of aromatic amines is 1. The molecule has 0 aliphatic heterocycles. The van der Waals surface area contributed by atoms with Gasteiger partial charge in [-0.2, -0.15) is 9.61 Å². The maximum atomic E-state index is 13.6. The van der Waals surface area contributed by atoms with Crippen molar-refractivity contribution >= 4 is 5.65 Å². The summed E-state index contributed by atoms with van der Waals surface area (Å²) in [6.45, 7) is 3.71. The van der Waals surface area contributed by atoms with Crippen LogP contribution in [0.3, 0.4) is 0 Å². The molecule has 0 fully saturated rings. The maximum absolute atomic E-state index is 13.6. The SMILES string of the molecule is Cc1cc(-c2c(C)[nH]c3c(-c4ccccc4)c(-c4ccccc4)nn3c2=O)ccc1O. The molecule has 2 heterocycles. The van der Waals surface area contributed by atoms with Gasteiger partial charge in [-0.15, -0.1) is 0 Å². The predicted octanol–water partition coefficient (Wildman–Crippen LogP) is 5.35. The monoisotopic (exact) mass is 407 g/mol. The van der Waals surface area contributed by atoms with Gasteiger partial charge < -0.3 is 10.1 Å². The van der Waals surface area contributed by atoms with Crippen LogP contribution in [0.5, 0.6) is 5.75 Å². The summed E-state index contributed by atoms with van der Waals surface area (Å²) in [6.07, 6.45) is 0. The summed E-state index contributed by atoms with van der Waals surface area (Å²) < 4.78 is 1.45. The van der Waals surface area contributed by atoms with E-state index in [1.54, 1.807) is 12.1 Å². The molecule has 5 heteroatoms. The number of hydrogen-bond donors (Lipinski definition) is 2. The molecule has 0 saturated carbocycles. The van der Waals surface area contributed by atoms with Gasteiger partial charge in [0, 0.05) is 11.3 Å². The first-order valence-electron chi connectivity index (χ1n) is 10.1. The Hall–Kier alpha value is -4.12. The van der Waals surface area contributed by atoms with E-state index in [4.69, 9.17) is 5.10 Å². The Morgan fingerprint density at radius 3 is 2.10 bits per heavy atom. The minimum absolute atomic E-state index is 0.198. The number of phenols is 1. The highest BCUT2D eigenvalue weighted by molar-refractivity contribution is 5.91. The molecule has 0 radical (unpaired) electrons. The van der Waals surface area contributed by atoms with Gasteiger partial charge in [0.1, 0.15) is 17.1 Å². The smallest absolute Gasteiger partial charge is 0.282 e. The first kappa shape index (κ1) is 18.9. The zero-order valence-corrected chi connectivity index (χ0v) is 17.3. The highest BCUT2D eigenvalue weighted by Gasteiger charge is 2.21. The molecule has 0 atom stereocenters. The van der Waals surface area contributed by atoms with Crippen LogP contribution in [0, 0.1) is 13.8 Å². The molecule has 3 aromatic carbocycles. The lowest BCUT2D eigenvalue weighted by atomic mass is 10.0. The van der Waals surface area contributed by atoms with E-state index in [9.17, 15) is 9.90 Å². The van der Waals surface area contributed by atoms with Crippen molar-refractivity contribution in [3.05, 3.63) is 100 Å². The summed E-state index contributed by atoms with van der Waals surface area (Å²) in [4.78, 5) is 17.0. The first-order chi connectivity index (χ1) is 15.0. The number of aromatic hydroxyl groups is 1. The number of H-pyrrole nitrogens is 1. The number of phenolic OH excluding ortho intramolecular Hbond substituents is 1. The van der Waals surface area contributed by atoms with Gasteiger partial charge in [-0.1, -0.05) is 66.7 Å². The van der Waals surface area contributed by atoms with E-state index >= 15 is 0 Å². The summed E-state index contributed by atoms with van der Waals surface area (Å²) in [5, 5.41) is 14.6. The largest absolute Gasteiger partial charge is 0.508 e. The van der Waals surface area contributed by atoms with Crippen molar-refractivity contribution in [2.24, 2.45) is 0 Å². The third-order valence-corrected chi connectivity index (χ3v) is 5.57. The van der Waals surface area contributed by atoms with Crippen molar-refractivity contribution in [3.8, 4) is 39.3 Å². The first-order valence-corrected chi connectivity index (χ1v) is 10.1. The lowest BCUT2D eigenvalue weighted by molar-refractivity contribution is 0.471. The Balaban J connectivity index is 1.86. The lowest BCUT2D eigenvalue weighted by Gasteiger charge is -2.09. The molecule has 5 aromatic rings. The van der Waals surface area contributed by atoms with Gasteiger partial charge in [0.25, 0.3) is 5.56 Å². The third kappa shape index (κ3) is 3.11. The van der Waals surface area contributed by atoms with Gasteiger partial charge >= 0.3 is 0 Å². The second-order valence-electron chi connectivity index (χ2n) is 7.65. The minimum Gasteiger partial charge on any atom is -0.508 e. The summed E-state index contributed by atoms with van der Waals surface area (Å²) >= 11 is 0. The van der Waals surface area contributed by atoms with Crippen LogP contribution in [-0.2, 0) is 0 Å². The molecule has 152 valence electrons. The van der Waals surface area contributed by atoms with Crippen LogP contribution in [0.25, 0.3) is 39.2 Å². The van der Waals surface area contributed by atoms with Crippen molar-refractivity contribution in [1.29, 1.82) is 0 Å². The van der Waals surface area contributed by atoms with Gasteiger partial charge in [0.2, 0.25) is 0 Å². The number of nitrogens with zero attached hydrogens (tertiary/aromatic N) is 2. The summed E-state index contributed by atoms with van der Waals surface area (Å²) in [6, 6.07) is 25.0. The standard InChI is InChI=1S/C26H21N3O2/c1-16-15-20(13-14-21(16)30)22-17(2)27-25-23(18-9-5-3-6-10-18)24(28-29(25)26(22)31)19-11-7-4-8-12-19/h3-15,27,30H,1-2H3. The Labute approximate surface area is 179 Å². The number of nitrogens with one attached hydrogen (secondary N) is 1.